The maximum absolute atomic E-state index is 13.6. The van der Waals surface area contributed by atoms with E-state index in [1.165, 1.54) is 24.4 Å². The number of hydrogen-bond donors (Lipinski definition) is 2. The second-order valence-corrected chi connectivity index (χ2v) is 5.33. The normalized spacial score (nSPS) is 10.0. The van der Waals surface area contributed by atoms with Gasteiger partial charge in [0.2, 0.25) is 0 Å². The highest BCUT2D eigenvalue weighted by Crippen LogP contribution is 2.20. The largest absolute Gasteiger partial charge is 0.338 e. The van der Waals surface area contributed by atoms with Crippen molar-refractivity contribution in [3.63, 3.8) is 0 Å². The lowest BCUT2D eigenvalue weighted by molar-refractivity contribution is 0.102. The number of hydrogen-bond acceptors (Lipinski definition) is 4. The Morgan fingerprint density at radius 1 is 1.08 bits per heavy atom. The van der Waals surface area contributed by atoms with Gasteiger partial charge in [-0.2, -0.15) is 5.26 Å². The van der Waals surface area contributed by atoms with E-state index in [9.17, 15) is 13.6 Å². The molecular weight excluding hydrogens is 338 g/mol. The number of carbonyl (C=O) groups is 1. The summed E-state index contributed by atoms with van der Waals surface area (Å²) in [6.07, 6.45) is 1.33. The van der Waals surface area contributed by atoms with Gasteiger partial charge in [-0.15, -0.1) is 0 Å². The number of anilines is 3. The predicted octanol–water partition coefficient (Wildman–Crippen LogP) is 4.23. The molecule has 0 aliphatic heterocycles. The van der Waals surface area contributed by atoms with Crippen LogP contribution in [0.5, 0.6) is 0 Å². The van der Waals surface area contributed by atoms with E-state index >= 15 is 0 Å². The molecule has 128 valence electrons. The van der Waals surface area contributed by atoms with Gasteiger partial charge in [-0.3, -0.25) is 4.79 Å². The number of nitriles is 1. The van der Waals surface area contributed by atoms with Crippen molar-refractivity contribution in [2.45, 2.75) is 0 Å². The molecule has 3 rings (SSSR count). The van der Waals surface area contributed by atoms with Crippen LogP contribution in [-0.2, 0) is 0 Å². The quantitative estimate of drug-likeness (QED) is 0.738. The van der Waals surface area contributed by atoms with E-state index in [0.717, 1.165) is 12.1 Å². The fourth-order valence-electron chi connectivity index (χ4n) is 2.20. The van der Waals surface area contributed by atoms with Crippen LogP contribution in [0.3, 0.4) is 0 Å². The topological polar surface area (TPSA) is 77.8 Å². The summed E-state index contributed by atoms with van der Waals surface area (Å²) in [4.78, 5) is 16.3. The molecule has 0 unspecified atom stereocenters. The molecule has 0 aliphatic carbocycles. The predicted molar refractivity (Wildman–Crippen MR) is 93.0 cm³/mol. The van der Waals surface area contributed by atoms with E-state index in [1.54, 1.807) is 24.3 Å². The fourth-order valence-corrected chi connectivity index (χ4v) is 2.20. The summed E-state index contributed by atoms with van der Waals surface area (Å²) >= 11 is 0. The van der Waals surface area contributed by atoms with Crippen LogP contribution in [-0.4, -0.2) is 10.9 Å². The van der Waals surface area contributed by atoms with Crippen LogP contribution < -0.4 is 10.6 Å². The Kier molecular flexibility index (Phi) is 4.85. The monoisotopic (exact) mass is 350 g/mol. The molecule has 0 atom stereocenters. The number of nitrogens with one attached hydrogen (secondary N) is 2. The Morgan fingerprint density at radius 2 is 1.92 bits per heavy atom. The van der Waals surface area contributed by atoms with Crippen LogP contribution >= 0.6 is 0 Å². The molecule has 1 heterocycles. The zero-order valence-electron chi connectivity index (χ0n) is 13.3. The molecule has 2 N–H and O–H groups in total. The van der Waals surface area contributed by atoms with Gasteiger partial charge in [0.1, 0.15) is 17.5 Å². The molecule has 26 heavy (non-hydrogen) atoms. The number of halogens is 2. The number of nitrogens with zero attached hydrogens (tertiary/aromatic N) is 2. The molecule has 0 fully saturated rings. The molecule has 2 aromatic carbocycles. The summed E-state index contributed by atoms with van der Waals surface area (Å²) in [7, 11) is 0. The molecule has 1 amide bonds. The van der Waals surface area contributed by atoms with Gasteiger partial charge < -0.3 is 10.6 Å². The summed E-state index contributed by atoms with van der Waals surface area (Å²) in [5.41, 5.74) is 1.29. The first-order valence-corrected chi connectivity index (χ1v) is 7.55. The zero-order valence-corrected chi connectivity index (χ0v) is 13.3. The third-order valence-corrected chi connectivity index (χ3v) is 3.47. The molecule has 7 heteroatoms. The minimum atomic E-state index is -0.744. The van der Waals surface area contributed by atoms with Gasteiger partial charge in [0.25, 0.3) is 5.91 Å². The molecule has 0 spiro atoms. The average molecular weight is 350 g/mol. The Bertz CT molecular complexity index is 997. The van der Waals surface area contributed by atoms with Crippen molar-refractivity contribution in [3.8, 4) is 6.07 Å². The highest BCUT2D eigenvalue weighted by atomic mass is 19.1. The number of aromatic nitrogens is 1. The van der Waals surface area contributed by atoms with E-state index in [1.807, 2.05) is 6.07 Å². The summed E-state index contributed by atoms with van der Waals surface area (Å²) in [6.45, 7) is 0. The van der Waals surface area contributed by atoms with Crippen molar-refractivity contribution in [1.82, 2.24) is 4.98 Å². The average Bonchev–Trinajstić information content (AvgIpc) is 2.64. The maximum atomic E-state index is 13.6. The lowest BCUT2D eigenvalue weighted by Gasteiger charge is -2.08. The van der Waals surface area contributed by atoms with Crippen molar-refractivity contribution in [1.29, 1.82) is 5.26 Å². The molecule has 5 nitrogen and oxygen atoms in total. The Balaban J connectivity index is 1.70. The fraction of sp³-hybridized carbons (Fsp3) is 0. The number of amides is 1. The molecule has 0 bridgehead atoms. The van der Waals surface area contributed by atoms with Crippen molar-refractivity contribution >= 4 is 23.1 Å². The van der Waals surface area contributed by atoms with E-state index in [2.05, 4.69) is 15.6 Å². The third-order valence-electron chi connectivity index (χ3n) is 3.47. The maximum Gasteiger partial charge on any atom is 0.257 e. The van der Waals surface area contributed by atoms with Gasteiger partial charge in [0, 0.05) is 18.0 Å². The number of pyridine rings is 1. The van der Waals surface area contributed by atoms with Crippen LogP contribution in [0.15, 0.2) is 60.8 Å². The van der Waals surface area contributed by atoms with E-state index in [0.29, 0.717) is 17.1 Å². The zero-order chi connectivity index (χ0) is 18.5. The standard InChI is InChI=1S/C19H12F2N4O/c20-14-5-6-17(16(21)9-14)25-18-7-4-13(11-23-18)19(26)24-15-3-1-2-12(8-15)10-22/h1-9,11H,(H,23,25)(H,24,26). The summed E-state index contributed by atoms with van der Waals surface area (Å²) in [5, 5.41) is 14.2. The third kappa shape index (κ3) is 3.99. The van der Waals surface area contributed by atoms with E-state index in [-0.39, 0.29) is 11.3 Å². The highest BCUT2D eigenvalue weighted by Gasteiger charge is 2.09. The number of benzene rings is 2. The first-order valence-electron chi connectivity index (χ1n) is 7.55. The van der Waals surface area contributed by atoms with Crippen molar-refractivity contribution in [2.24, 2.45) is 0 Å². The van der Waals surface area contributed by atoms with Gasteiger partial charge in [-0.1, -0.05) is 6.07 Å². The van der Waals surface area contributed by atoms with E-state index in [4.69, 9.17) is 5.26 Å². The Hall–Kier alpha value is -3.79. The van der Waals surface area contributed by atoms with Crippen molar-refractivity contribution < 1.29 is 13.6 Å². The van der Waals surface area contributed by atoms with Crippen molar-refractivity contribution in [2.75, 3.05) is 10.6 Å². The minimum Gasteiger partial charge on any atom is -0.338 e. The second kappa shape index (κ2) is 7.40. The number of carbonyl (C=O) groups excluding carboxylic acids is 1. The van der Waals surface area contributed by atoms with Crippen LogP contribution in [0.2, 0.25) is 0 Å². The van der Waals surface area contributed by atoms with Gasteiger partial charge in [-0.05, 0) is 42.5 Å². The van der Waals surface area contributed by atoms with E-state index < -0.39 is 17.5 Å². The van der Waals surface area contributed by atoms with Gasteiger partial charge in [0.15, 0.2) is 0 Å². The lowest BCUT2D eigenvalue weighted by Crippen LogP contribution is -2.12. The van der Waals surface area contributed by atoms with Crippen LogP contribution in [0, 0.1) is 23.0 Å². The summed E-state index contributed by atoms with van der Waals surface area (Å²) in [5.74, 6) is -1.51. The van der Waals surface area contributed by atoms with Crippen LogP contribution in [0.25, 0.3) is 0 Å². The molecule has 1 aromatic heterocycles. The molecular formula is C19H12F2N4O. The van der Waals surface area contributed by atoms with Crippen LogP contribution in [0.4, 0.5) is 26.0 Å². The summed E-state index contributed by atoms with van der Waals surface area (Å²) in [6, 6.07) is 14.7. The van der Waals surface area contributed by atoms with Gasteiger partial charge >= 0.3 is 0 Å². The smallest absolute Gasteiger partial charge is 0.257 e. The molecule has 0 saturated heterocycles. The Morgan fingerprint density at radius 3 is 2.62 bits per heavy atom. The first kappa shape index (κ1) is 17.0. The number of rotatable bonds is 4. The van der Waals surface area contributed by atoms with Crippen LogP contribution in [0.1, 0.15) is 15.9 Å². The minimum absolute atomic E-state index is 0.0735. The highest BCUT2D eigenvalue weighted by molar-refractivity contribution is 6.04. The second-order valence-electron chi connectivity index (χ2n) is 5.33. The first-order chi connectivity index (χ1) is 12.5. The summed E-state index contributed by atoms with van der Waals surface area (Å²) < 4.78 is 26.5. The molecule has 0 aliphatic rings. The van der Waals surface area contributed by atoms with Crippen molar-refractivity contribution in [3.05, 3.63) is 83.6 Å². The molecule has 0 radical (unpaired) electrons. The lowest BCUT2D eigenvalue weighted by atomic mass is 10.2. The molecule has 0 saturated carbocycles. The van der Waals surface area contributed by atoms with Gasteiger partial charge in [0.05, 0.1) is 22.9 Å². The SMILES string of the molecule is N#Cc1cccc(NC(=O)c2ccc(Nc3ccc(F)cc3F)nc2)c1. The Labute approximate surface area is 147 Å². The van der Waals surface area contributed by atoms with Gasteiger partial charge in [-0.25, -0.2) is 13.8 Å². The molecule has 3 aromatic rings.